The van der Waals surface area contributed by atoms with E-state index in [0.29, 0.717) is 11.8 Å². The molecule has 2 fully saturated rings. The van der Waals surface area contributed by atoms with Crippen LogP contribution in [-0.4, -0.2) is 56.6 Å². The first kappa shape index (κ1) is 17.9. The highest BCUT2D eigenvalue weighted by Crippen LogP contribution is 2.52. The number of carbonyl (C=O) groups excluding carboxylic acids is 1. The molecular formula is C19H30N2O2S. The molecule has 0 aromatic carbocycles. The van der Waals surface area contributed by atoms with Crippen LogP contribution >= 0.6 is 11.3 Å². The summed E-state index contributed by atoms with van der Waals surface area (Å²) in [5, 5.41) is 2.20. The van der Waals surface area contributed by atoms with Crippen molar-refractivity contribution in [3.05, 3.63) is 22.4 Å². The summed E-state index contributed by atoms with van der Waals surface area (Å²) < 4.78 is 4.77. The van der Waals surface area contributed by atoms with Gasteiger partial charge in [-0.2, -0.15) is 0 Å². The van der Waals surface area contributed by atoms with E-state index in [0.717, 1.165) is 19.6 Å². The highest BCUT2D eigenvalue weighted by Gasteiger charge is 2.47. The van der Waals surface area contributed by atoms with Gasteiger partial charge in [0.2, 0.25) is 0 Å². The normalized spacial score (nSPS) is 31.0. The van der Waals surface area contributed by atoms with Crippen LogP contribution in [0.15, 0.2) is 17.5 Å². The Morgan fingerprint density at radius 3 is 2.62 bits per heavy atom. The highest BCUT2D eigenvalue weighted by molar-refractivity contribution is 7.10. The molecule has 1 aromatic heterocycles. The van der Waals surface area contributed by atoms with Crippen LogP contribution in [0.5, 0.6) is 0 Å². The van der Waals surface area contributed by atoms with E-state index in [4.69, 9.17) is 4.74 Å². The summed E-state index contributed by atoms with van der Waals surface area (Å²) >= 11 is 1.90. The Bertz CT molecular complexity index is 548. The van der Waals surface area contributed by atoms with E-state index in [1.165, 1.54) is 44.1 Å². The zero-order valence-electron chi connectivity index (χ0n) is 15.2. The van der Waals surface area contributed by atoms with Gasteiger partial charge in [0.15, 0.2) is 0 Å². The molecule has 0 amide bonds. The molecule has 3 rings (SSSR count). The monoisotopic (exact) mass is 350 g/mol. The summed E-state index contributed by atoms with van der Waals surface area (Å²) in [6.07, 6.45) is 6.86. The van der Waals surface area contributed by atoms with Gasteiger partial charge in [-0.3, -0.25) is 9.69 Å². The minimum atomic E-state index is -0.0936. The van der Waals surface area contributed by atoms with Crippen LogP contribution in [-0.2, 0) is 15.1 Å². The quantitative estimate of drug-likeness (QED) is 0.763. The molecular weight excluding hydrogens is 320 g/mol. The van der Waals surface area contributed by atoms with E-state index in [-0.39, 0.29) is 11.5 Å². The first-order valence-electron chi connectivity index (χ1n) is 9.00. The third-order valence-electron chi connectivity index (χ3n) is 6.35. The topological polar surface area (TPSA) is 32.8 Å². The molecule has 24 heavy (non-hydrogen) atoms. The van der Waals surface area contributed by atoms with Gasteiger partial charge in [0.05, 0.1) is 19.1 Å². The number of esters is 1. The van der Waals surface area contributed by atoms with E-state index in [2.05, 4.69) is 41.4 Å². The van der Waals surface area contributed by atoms with Crippen LogP contribution < -0.4 is 0 Å². The summed E-state index contributed by atoms with van der Waals surface area (Å²) in [6, 6.07) is 4.49. The Morgan fingerprint density at radius 2 is 2.04 bits per heavy atom. The van der Waals surface area contributed by atoms with Gasteiger partial charge in [0.1, 0.15) is 0 Å². The Hall–Kier alpha value is -0.910. The molecule has 1 aromatic rings. The molecule has 0 bridgehead atoms. The van der Waals surface area contributed by atoms with Crippen molar-refractivity contribution in [3.63, 3.8) is 0 Å². The van der Waals surface area contributed by atoms with Crippen LogP contribution in [0.4, 0.5) is 0 Å². The molecule has 134 valence electrons. The van der Waals surface area contributed by atoms with Gasteiger partial charge in [-0.15, -0.1) is 11.3 Å². The Balaban J connectivity index is 1.61. The number of rotatable bonds is 5. The molecule has 0 unspecified atom stereocenters. The van der Waals surface area contributed by atoms with E-state index in [1.54, 1.807) is 0 Å². The molecule has 2 aliphatic rings. The maximum absolute atomic E-state index is 11.4. The minimum absolute atomic E-state index is 0.0936. The smallest absolute Gasteiger partial charge is 0.306 e. The lowest BCUT2D eigenvalue weighted by Crippen LogP contribution is -2.47. The Labute approximate surface area is 149 Å². The molecule has 4 nitrogen and oxygen atoms in total. The van der Waals surface area contributed by atoms with Crippen LogP contribution in [0.1, 0.15) is 43.4 Å². The Morgan fingerprint density at radius 1 is 1.29 bits per heavy atom. The third kappa shape index (κ3) is 3.39. The summed E-state index contributed by atoms with van der Waals surface area (Å²) in [5.41, 5.74) is 0.686. The van der Waals surface area contributed by atoms with Gasteiger partial charge in [0, 0.05) is 18.0 Å². The maximum atomic E-state index is 11.4. The van der Waals surface area contributed by atoms with Gasteiger partial charge in [-0.25, -0.2) is 0 Å². The number of hydrogen-bond donors (Lipinski definition) is 0. The first-order valence-corrected chi connectivity index (χ1v) is 9.88. The predicted octanol–water partition coefficient (Wildman–Crippen LogP) is 3.33. The number of carbonyl (C=O) groups is 1. The second-order valence-corrected chi connectivity index (χ2v) is 8.70. The van der Waals surface area contributed by atoms with E-state index in [1.807, 2.05) is 11.3 Å². The fraction of sp³-hybridized carbons (Fsp3) is 0.737. The van der Waals surface area contributed by atoms with Crippen molar-refractivity contribution in [2.24, 2.45) is 5.41 Å². The van der Waals surface area contributed by atoms with Crippen molar-refractivity contribution >= 4 is 17.3 Å². The van der Waals surface area contributed by atoms with Gasteiger partial charge in [-0.1, -0.05) is 6.07 Å². The van der Waals surface area contributed by atoms with Gasteiger partial charge in [0.25, 0.3) is 0 Å². The van der Waals surface area contributed by atoms with Crippen molar-refractivity contribution in [1.82, 2.24) is 9.80 Å². The number of hydrogen-bond acceptors (Lipinski definition) is 5. The molecule has 1 saturated heterocycles. The largest absolute Gasteiger partial charge is 0.469 e. The van der Waals surface area contributed by atoms with Crippen LogP contribution in [0.3, 0.4) is 0 Å². The van der Waals surface area contributed by atoms with E-state index >= 15 is 0 Å². The van der Waals surface area contributed by atoms with Gasteiger partial charge >= 0.3 is 5.97 Å². The molecule has 0 radical (unpaired) electrons. The zero-order chi connectivity index (χ0) is 17.2. The van der Waals surface area contributed by atoms with Crippen molar-refractivity contribution in [2.45, 2.75) is 44.1 Å². The number of nitrogens with zero attached hydrogens (tertiary/aromatic N) is 2. The standard InChI is InChI=1S/C19H30N2O2S/c1-20(2)19(16-5-4-14-24-16)9-7-18(8-10-19)11-13-21(15-18)12-6-17(22)23-3/h4-5,14H,6-13,15H2,1-3H3. The van der Waals surface area contributed by atoms with Crippen molar-refractivity contribution in [3.8, 4) is 0 Å². The molecule has 0 atom stereocenters. The lowest BCUT2D eigenvalue weighted by Gasteiger charge is -2.48. The lowest BCUT2D eigenvalue weighted by atomic mass is 9.66. The molecule has 1 aliphatic carbocycles. The zero-order valence-corrected chi connectivity index (χ0v) is 16.0. The Kier molecular flexibility index (Phi) is 5.33. The summed E-state index contributed by atoms with van der Waals surface area (Å²) in [4.78, 5) is 17.8. The average molecular weight is 351 g/mol. The molecule has 2 heterocycles. The predicted molar refractivity (Wildman–Crippen MR) is 98.3 cm³/mol. The lowest BCUT2D eigenvalue weighted by molar-refractivity contribution is -0.140. The number of ether oxygens (including phenoxy) is 1. The summed E-state index contributed by atoms with van der Waals surface area (Å²) in [7, 11) is 5.93. The molecule has 1 aliphatic heterocycles. The number of likely N-dealkylation sites (tertiary alicyclic amines) is 1. The molecule has 1 spiro atoms. The third-order valence-corrected chi connectivity index (χ3v) is 7.41. The number of methoxy groups -OCH3 is 1. The molecule has 0 N–H and O–H groups in total. The summed E-state index contributed by atoms with van der Waals surface area (Å²) in [5.74, 6) is -0.0936. The molecule has 1 saturated carbocycles. The van der Waals surface area contributed by atoms with E-state index < -0.39 is 0 Å². The SMILES string of the molecule is COC(=O)CCN1CCC2(CCC(c3cccs3)(N(C)C)CC2)C1. The van der Waals surface area contributed by atoms with Gasteiger partial charge in [-0.05, 0) is 69.6 Å². The summed E-state index contributed by atoms with van der Waals surface area (Å²) in [6.45, 7) is 3.13. The first-order chi connectivity index (χ1) is 11.5. The van der Waals surface area contributed by atoms with Crippen molar-refractivity contribution in [1.29, 1.82) is 0 Å². The number of thiophene rings is 1. The van der Waals surface area contributed by atoms with E-state index in [9.17, 15) is 4.79 Å². The van der Waals surface area contributed by atoms with Crippen molar-refractivity contribution < 1.29 is 9.53 Å². The van der Waals surface area contributed by atoms with Gasteiger partial charge < -0.3 is 9.64 Å². The highest BCUT2D eigenvalue weighted by atomic mass is 32.1. The van der Waals surface area contributed by atoms with Crippen LogP contribution in [0, 0.1) is 5.41 Å². The van der Waals surface area contributed by atoms with Crippen LogP contribution in [0.2, 0.25) is 0 Å². The van der Waals surface area contributed by atoms with Crippen LogP contribution in [0.25, 0.3) is 0 Å². The maximum Gasteiger partial charge on any atom is 0.306 e. The average Bonchev–Trinajstić information content (AvgIpc) is 3.24. The fourth-order valence-corrected chi connectivity index (χ4v) is 5.70. The molecule has 5 heteroatoms. The second kappa shape index (κ2) is 7.14. The second-order valence-electron chi connectivity index (χ2n) is 7.76. The van der Waals surface area contributed by atoms with Crippen molar-refractivity contribution in [2.75, 3.05) is 40.8 Å². The minimum Gasteiger partial charge on any atom is -0.469 e. The fourth-order valence-electron chi connectivity index (χ4n) is 4.63.